The van der Waals surface area contributed by atoms with Crippen molar-refractivity contribution in [2.24, 2.45) is 0 Å². The van der Waals surface area contributed by atoms with Crippen LogP contribution >= 0.6 is 11.6 Å². The third-order valence-corrected chi connectivity index (χ3v) is 2.50. The number of hydrogen-bond donors (Lipinski definition) is 2. The highest BCUT2D eigenvalue weighted by Crippen LogP contribution is 2.25. The Labute approximate surface area is 98.9 Å². The van der Waals surface area contributed by atoms with Gasteiger partial charge in [-0.1, -0.05) is 11.6 Å². The molecule has 0 amide bonds. The number of halogens is 1. The van der Waals surface area contributed by atoms with Crippen LogP contribution in [0.4, 0.5) is 0 Å². The molecule has 86 valence electrons. The minimum Gasteiger partial charge on any atom is -0.480 e. The van der Waals surface area contributed by atoms with Crippen LogP contribution in [0.1, 0.15) is 11.4 Å². The number of nitrogens with one attached hydrogen (secondary N) is 2. The van der Waals surface area contributed by atoms with E-state index in [1.54, 1.807) is 14.0 Å². The second kappa shape index (κ2) is 4.57. The summed E-state index contributed by atoms with van der Waals surface area (Å²) in [5.74, 6) is 1.99. The second-order valence-electron chi connectivity index (χ2n) is 3.40. The van der Waals surface area contributed by atoms with Crippen molar-refractivity contribution in [1.82, 2.24) is 20.6 Å². The molecule has 0 atom stereocenters. The number of rotatable bonds is 2. The van der Waals surface area contributed by atoms with Crippen molar-refractivity contribution in [2.45, 2.75) is 6.92 Å². The quantitative estimate of drug-likeness (QED) is 0.754. The largest absolute Gasteiger partial charge is 0.480 e. The molecule has 1 fully saturated rings. The Hall–Kier alpha value is -1.49. The van der Waals surface area contributed by atoms with E-state index in [9.17, 15) is 0 Å². The summed E-state index contributed by atoms with van der Waals surface area (Å²) in [6.45, 7) is 3.58. The second-order valence-corrected chi connectivity index (χ2v) is 3.75. The highest BCUT2D eigenvalue weighted by molar-refractivity contribution is 6.31. The molecule has 0 unspecified atom stereocenters. The lowest BCUT2D eigenvalue weighted by atomic mass is 10.3. The molecule has 5 nitrogen and oxygen atoms in total. The molecule has 1 aliphatic heterocycles. The van der Waals surface area contributed by atoms with Crippen molar-refractivity contribution in [3.8, 4) is 5.88 Å². The molecule has 0 saturated carbocycles. The van der Waals surface area contributed by atoms with Crippen LogP contribution in [-0.4, -0.2) is 30.2 Å². The first-order valence-electron chi connectivity index (χ1n) is 4.98. The van der Waals surface area contributed by atoms with Gasteiger partial charge in [0.2, 0.25) is 5.88 Å². The van der Waals surface area contributed by atoms with Crippen LogP contribution in [0.2, 0.25) is 5.15 Å². The van der Waals surface area contributed by atoms with Crippen molar-refractivity contribution in [2.75, 3.05) is 20.2 Å². The summed E-state index contributed by atoms with van der Waals surface area (Å²) < 4.78 is 5.18. The van der Waals surface area contributed by atoms with Gasteiger partial charge in [0.1, 0.15) is 11.0 Å². The Bertz CT molecular complexity index is 425. The van der Waals surface area contributed by atoms with Gasteiger partial charge in [0.25, 0.3) is 0 Å². The van der Waals surface area contributed by atoms with E-state index >= 15 is 0 Å². The summed E-state index contributed by atoms with van der Waals surface area (Å²) in [5, 5.41) is 6.75. The van der Waals surface area contributed by atoms with Crippen LogP contribution in [0, 0.1) is 6.92 Å². The molecule has 0 aromatic carbocycles. The predicted octanol–water partition coefficient (Wildman–Crippen LogP) is 0.938. The first kappa shape index (κ1) is 11.0. The van der Waals surface area contributed by atoms with Crippen LogP contribution in [0.5, 0.6) is 5.88 Å². The molecule has 2 rings (SSSR count). The van der Waals surface area contributed by atoms with Gasteiger partial charge < -0.3 is 15.4 Å². The van der Waals surface area contributed by atoms with Crippen LogP contribution in [0.25, 0.3) is 6.08 Å². The first-order valence-corrected chi connectivity index (χ1v) is 5.36. The highest BCUT2D eigenvalue weighted by atomic mass is 35.5. The van der Waals surface area contributed by atoms with Crippen LogP contribution < -0.4 is 15.4 Å². The summed E-state index contributed by atoms with van der Waals surface area (Å²) in [4.78, 5) is 8.28. The average molecular weight is 241 g/mol. The van der Waals surface area contributed by atoms with Gasteiger partial charge in [-0.05, 0) is 13.0 Å². The molecule has 0 bridgehead atoms. The third-order valence-electron chi connectivity index (χ3n) is 2.21. The number of aryl methyl sites for hydroxylation is 1. The zero-order chi connectivity index (χ0) is 11.5. The lowest BCUT2D eigenvalue weighted by molar-refractivity contribution is 0.394. The smallest absolute Gasteiger partial charge is 0.225 e. The van der Waals surface area contributed by atoms with Crippen LogP contribution in [0.3, 0.4) is 0 Å². The highest BCUT2D eigenvalue weighted by Gasteiger charge is 2.12. The van der Waals surface area contributed by atoms with Gasteiger partial charge in [-0.3, -0.25) is 0 Å². The van der Waals surface area contributed by atoms with E-state index < -0.39 is 0 Å². The standard InChI is InChI=1S/C10H13ClN4O/c1-6-14-9(11)7(10(15-6)16-2)5-8-12-3-4-13-8/h5,12-13H,3-4H2,1-2H3. The summed E-state index contributed by atoms with van der Waals surface area (Å²) in [6.07, 6.45) is 1.85. The third kappa shape index (κ3) is 2.19. The number of nitrogens with zero attached hydrogens (tertiary/aromatic N) is 2. The summed E-state index contributed by atoms with van der Waals surface area (Å²) in [6, 6.07) is 0. The maximum atomic E-state index is 6.06. The zero-order valence-corrected chi connectivity index (χ0v) is 9.93. The minimum atomic E-state index is 0.396. The Morgan fingerprint density at radius 2 is 2.00 bits per heavy atom. The zero-order valence-electron chi connectivity index (χ0n) is 9.17. The fourth-order valence-electron chi connectivity index (χ4n) is 1.50. The lowest BCUT2D eigenvalue weighted by Gasteiger charge is -2.07. The Morgan fingerprint density at radius 3 is 2.62 bits per heavy atom. The van der Waals surface area contributed by atoms with Crippen molar-refractivity contribution >= 4 is 17.7 Å². The molecular weight excluding hydrogens is 228 g/mol. The number of methoxy groups -OCH3 is 1. The fourth-order valence-corrected chi connectivity index (χ4v) is 1.76. The number of aromatic nitrogens is 2. The maximum absolute atomic E-state index is 6.06. The van der Waals surface area contributed by atoms with Crippen molar-refractivity contribution < 1.29 is 4.74 Å². The van der Waals surface area contributed by atoms with Gasteiger partial charge in [0.15, 0.2) is 0 Å². The molecule has 2 N–H and O–H groups in total. The van der Waals surface area contributed by atoms with Crippen molar-refractivity contribution in [3.63, 3.8) is 0 Å². The summed E-state index contributed by atoms with van der Waals surface area (Å²) in [7, 11) is 1.57. The van der Waals surface area contributed by atoms with E-state index in [4.69, 9.17) is 16.3 Å². The van der Waals surface area contributed by atoms with Crippen molar-refractivity contribution in [1.29, 1.82) is 0 Å². The first-order chi connectivity index (χ1) is 7.70. The van der Waals surface area contributed by atoms with E-state index in [-0.39, 0.29) is 0 Å². The lowest BCUT2D eigenvalue weighted by Crippen LogP contribution is -2.10. The molecule has 1 aromatic heterocycles. The number of ether oxygens (including phenoxy) is 1. The molecule has 1 aromatic rings. The maximum Gasteiger partial charge on any atom is 0.225 e. The SMILES string of the molecule is COc1nc(C)nc(Cl)c1C=C1NCCN1. The molecule has 0 radical (unpaired) electrons. The van der Waals surface area contributed by atoms with Crippen LogP contribution in [0.15, 0.2) is 5.82 Å². The topological polar surface area (TPSA) is 59.1 Å². The molecule has 0 aliphatic carbocycles. The van der Waals surface area contributed by atoms with E-state index in [1.165, 1.54) is 0 Å². The van der Waals surface area contributed by atoms with Crippen LogP contribution in [-0.2, 0) is 0 Å². The predicted molar refractivity (Wildman–Crippen MR) is 62.3 cm³/mol. The molecule has 16 heavy (non-hydrogen) atoms. The minimum absolute atomic E-state index is 0.396. The Morgan fingerprint density at radius 1 is 1.31 bits per heavy atom. The molecule has 0 spiro atoms. The van der Waals surface area contributed by atoms with E-state index in [0.29, 0.717) is 22.4 Å². The van der Waals surface area contributed by atoms with Gasteiger partial charge in [-0.2, -0.15) is 4.98 Å². The van der Waals surface area contributed by atoms with Gasteiger partial charge in [0.05, 0.1) is 18.5 Å². The fraction of sp³-hybridized carbons (Fsp3) is 0.400. The molecular formula is C10H13ClN4O. The van der Waals surface area contributed by atoms with Gasteiger partial charge in [-0.15, -0.1) is 0 Å². The van der Waals surface area contributed by atoms with Gasteiger partial charge in [-0.25, -0.2) is 4.98 Å². The summed E-state index contributed by atoms with van der Waals surface area (Å²) in [5.41, 5.74) is 0.687. The van der Waals surface area contributed by atoms with Gasteiger partial charge in [0, 0.05) is 13.1 Å². The monoisotopic (exact) mass is 240 g/mol. The van der Waals surface area contributed by atoms with Crippen molar-refractivity contribution in [3.05, 3.63) is 22.4 Å². The molecule has 6 heteroatoms. The average Bonchev–Trinajstić information content (AvgIpc) is 2.74. The molecule has 1 aliphatic rings. The summed E-state index contributed by atoms with van der Waals surface area (Å²) >= 11 is 6.06. The number of hydrogen-bond acceptors (Lipinski definition) is 5. The Balaban J connectivity index is 2.42. The van der Waals surface area contributed by atoms with Gasteiger partial charge >= 0.3 is 0 Å². The normalized spacial score (nSPS) is 14.3. The molecule has 2 heterocycles. The van der Waals surface area contributed by atoms with E-state index in [2.05, 4.69) is 20.6 Å². The Kier molecular flexibility index (Phi) is 3.14. The van der Waals surface area contributed by atoms with E-state index in [1.807, 2.05) is 6.08 Å². The molecule has 1 saturated heterocycles. The van der Waals surface area contributed by atoms with E-state index in [0.717, 1.165) is 18.9 Å².